The third-order valence-corrected chi connectivity index (χ3v) is 4.39. The normalized spacial score (nSPS) is 12.9. The zero-order chi connectivity index (χ0) is 12.8. The molecule has 0 radical (unpaired) electrons. The van der Waals surface area contributed by atoms with Crippen molar-refractivity contribution in [2.24, 2.45) is 0 Å². The molecule has 0 bridgehead atoms. The van der Waals surface area contributed by atoms with Crippen LogP contribution in [0.15, 0.2) is 0 Å². The Bertz CT molecular complexity index is 139. The molecule has 0 aromatic carbocycles. The predicted molar refractivity (Wildman–Crippen MR) is 87.6 cm³/mol. The lowest BCUT2D eigenvalue weighted by atomic mass is 10.0. The van der Waals surface area contributed by atoms with Crippen LogP contribution in [0.3, 0.4) is 0 Å². The number of halogens is 1. The van der Waals surface area contributed by atoms with Crippen molar-refractivity contribution in [3.8, 4) is 0 Å². The van der Waals surface area contributed by atoms with Crippen LogP contribution < -0.4 is 0 Å². The lowest BCUT2D eigenvalue weighted by molar-refractivity contribution is 0.548. The fraction of sp³-hybridized carbons (Fsp3) is 1.00. The van der Waals surface area contributed by atoms with E-state index in [1.165, 1.54) is 77.0 Å². The van der Waals surface area contributed by atoms with E-state index >= 15 is 0 Å². The predicted octanol–water partition coefficient (Wildman–Crippen LogP) is 6.38. The Balaban J connectivity index is 3.02. The van der Waals surface area contributed by atoms with Crippen LogP contribution in [0.2, 0.25) is 0 Å². The summed E-state index contributed by atoms with van der Waals surface area (Å²) >= 11 is 8.10. The largest absolute Gasteiger partial charge is 0.176 e. The Labute approximate surface area is 123 Å². The molecule has 0 nitrogen and oxygen atoms in total. The first-order valence-electron chi connectivity index (χ1n) is 7.55. The highest BCUT2D eigenvalue weighted by molar-refractivity contribution is 9.09. The van der Waals surface area contributed by atoms with Gasteiger partial charge in [-0.05, 0) is 19.3 Å². The minimum Gasteiger partial charge on any atom is -0.176 e. The molecule has 0 aliphatic carbocycles. The summed E-state index contributed by atoms with van der Waals surface area (Å²) in [5.74, 6) is 0. The van der Waals surface area contributed by atoms with Crippen molar-refractivity contribution in [3.05, 3.63) is 0 Å². The Hall–Kier alpha value is 0.830. The molecule has 0 heterocycles. The van der Waals surface area contributed by atoms with Crippen molar-refractivity contribution < 1.29 is 0 Å². The molecule has 0 saturated carbocycles. The van der Waals surface area contributed by atoms with E-state index in [1.807, 2.05) is 0 Å². The van der Waals surface area contributed by atoms with E-state index < -0.39 is 0 Å². The highest BCUT2D eigenvalue weighted by Crippen LogP contribution is 2.16. The number of thiol groups is 1. The minimum atomic E-state index is 0.636. The van der Waals surface area contributed by atoms with Crippen molar-refractivity contribution in [2.75, 3.05) is 5.33 Å². The van der Waals surface area contributed by atoms with Crippen molar-refractivity contribution in [2.45, 2.75) is 89.2 Å². The molecule has 17 heavy (non-hydrogen) atoms. The minimum absolute atomic E-state index is 0.636. The Morgan fingerprint density at radius 2 is 1.24 bits per heavy atom. The number of hydrogen-bond donors (Lipinski definition) is 1. The summed E-state index contributed by atoms with van der Waals surface area (Å²) < 4.78 is 0. The van der Waals surface area contributed by atoms with Crippen molar-refractivity contribution in [1.29, 1.82) is 0 Å². The highest BCUT2D eigenvalue weighted by atomic mass is 79.9. The van der Waals surface area contributed by atoms with E-state index in [2.05, 4.69) is 35.5 Å². The van der Waals surface area contributed by atoms with Crippen molar-refractivity contribution >= 4 is 28.6 Å². The molecule has 0 N–H and O–H groups in total. The second-order valence-electron chi connectivity index (χ2n) is 5.10. The maximum atomic E-state index is 4.63. The SMILES string of the molecule is CCCCCCCCCCCC(S)CCCBr. The van der Waals surface area contributed by atoms with Gasteiger partial charge in [-0.15, -0.1) is 0 Å². The van der Waals surface area contributed by atoms with Gasteiger partial charge in [0.15, 0.2) is 0 Å². The standard InChI is InChI=1S/C15H31BrS/c1-2-3-4-5-6-7-8-9-10-12-15(17)13-11-14-16/h15,17H,2-14H2,1H3. The lowest BCUT2D eigenvalue weighted by Crippen LogP contribution is -1.98. The van der Waals surface area contributed by atoms with Crippen LogP contribution in [-0.4, -0.2) is 10.6 Å². The van der Waals surface area contributed by atoms with Crippen molar-refractivity contribution in [1.82, 2.24) is 0 Å². The lowest BCUT2D eigenvalue weighted by Gasteiger charge is -2.09. The first kappa shape index (κ1) is 17.8. The van der Waals surface area contributed by atoms with Gasteiger partial charge in [0.05, 0.1) is 0 Å². The maximum Gasteiger partial charge on any atom is 0.00316 e. The maximum absolute atomic E-state index is 4.63. The van der Waals surface area contributed by atoms with Gasteiger partial charge >= 0.3 is 0 Å². The van der Waals surface area contributed by atoms with Crippen LogP contribution in [0.1, 0.15) is 84.0 Å². The van der Waals surface area contributed by atoms with Crippen LogP contribution in [0, 0.1) is 0 Å². The van der Waals surface area contributed by atoms with Gasteiger partial charge < -0.3 is 0 Å². The molecule has 0 fully saturated rings. The molecule has 0 aromatic heterocycles. The quantitative estimate of drug-likeness (QED) is 0.227. The topological polar surface area (TPSA) is 0 Å². The van der Waals surface area contributed by atoms with E-state index in [9.17, 15) is 0 Å². The first-order valence-corrected chi connectivity index (χ1v) is 9.19. The number of rotatable bonds is 13. The van der Waals surface area contributed by atoms with Gasteiger partial charge in [-0.1, -0.05) is 80.6 Å². The number of alkyl halides is 1. The first-order chi connectivity index (χ1) is 8.31. The van der Waals surface area contributed by atoms with E-state index in [0.717, 1.165) is 5.33 Å². The summed E-state index contributed by atoms with van der Waals surface area (Å²) in [4.78, 5) is 0. The molecule has 1 unspecified atom stereocenters. The summed E-state index contributed by atoms with van der Waals surface area (Å²) in [5, 5.41) is 1.76. The average molecular weight is 323 g/mol. The fourth-order valence-corrected chi connectivity index (χ4v) is 2.84. The van der Waals surface area contributed by atoms with Crippen LogP contribution in [-0.2, 0) is 0 Å². The molecule has 104 valence electrons. The second-order valence-corrected chi connectivity index (χ2v) is 6.63. The molecule has 0 amide bonds. The fourth-order valence-electron chi connectivity index (χ4n) is 2.15. The van der Waals surface area contributed by atoms with Gasteiger partial charge in [-0.25, -0.2) is 0 Å². The zero-order valence-electron chi connectivity index (χ0n) is 11.6. The number of unbranched alkanes of at least 4 members (excludes halogenated alkanes) is 8. The summed E-state index contributed by atoms with van der Waals surface area (Å²) in [6, 6.07) is 0. The molecular formula is C15H31BrS. The smallest absolute Gasteiger partial charge is 0.00316 e. The van der Waals surface area contributed by atoms with Gasteiger partial charge in [-0.2, -0.15) is 12.6 Å². The van der Waals surface area contributed by atoms with Gasteiger partial charge in [0.1, 0.15) is 0 Å². The van der Waals surface area contributed by atoms with Crippen molar-refractivity contribution in [3.63, 3.8) is 0 Å². The summed E-state index contributed by atoms with van der Waals surface area (Å²) in [6.45, 7) is 2.28. The molecule has 0 aliphatic heterocycles. The summed E-state index contributed by atoms with van der Waals surface area (Å²) in [7, 11) is 0. The van der Waals surface area contributed by atoms with E-state index in [-0.39, 0.29) is 0 Å². The summed E-state index contributed by atoms with van der Waals surface area (Å²) in [6.07, 6.45) is 16.7. The summed E-state index contributed by atoms with van der Waals surface area (Å²) in [5.41, 5.74) is 0. The third kappa shape index (κ3) is 14.8. The third-order valence-electron chi connectivity index (χ3n) is 3.31. The second kappa shape index (κ2) is 14.9. The molecule has 1 atom stereocenters. The molecular weight excluding hydrogens is 292 g/mol. The molecule has 2 heteroatoms. The van der Waals surface area contributed by atoms with Crippen LogP contribution >= 0.6 is 28.6 Å². The highest BCUT2D eigenvalue weighted by Gasteiger charge is 2.01. The van der Waals surface area contributed by atoms with Crippen LogP contribution in [0.4, 0.5) is 0 Å². The van der Waals surface area contributed by atoms with E-state index in [4.69, 9.17) is 0 Å². The van der Waals surface area contributed by atoms with E-state index in [0.29, 0.717) is 5.25 Å². The Kier molecular flexibility index (Phi) is 15.6. The van der Waals surface area contributed by atoms with Gasteiger partial charge in [0.2, 0.25) is 0 Å². The molecule has 0 spiro atoms. The average Bonchev–Trinajstić information content (AvgIpc) is 2.34. The molecule has 0 aromatic rings. The Morgan fingerprint density at radius 1 is 0.765 bits per heavy atom. The zero-order valence-corrected chi connectivity index (χ0v) is 14.1. The van der Waals surface area contributed by atoms with Gasteiger partial charge in [0, 0.05) is 10.6 Å². The molecule has 0 rings (SSSR count). The van der Waals surface area contributed by atoms with Crippen LogP contribution in [0.25, 0.3) is 0 Å². The van der Waals surface area contributed by atoms with E-state index in [1.54, 1.807) is 0 Å². The molecule has 0 aliphatic rings. The monoisotopic (exact) mass is 322 g/mol. The molecule has 0 saturated heterocycles. The Morgan fingerprint density at radius 3 is 1.76 bits per heavy atom. The van der Waals surface area contributed by atoms with Gasteiger partial charge in [0.25, 0.3) is 0 Å². The van der Waals surface area contributed by atoms with Crippen LogP contribution in [0.5, 0.6) is 0 Å². The number of hydrogen-bond acceptors (Lipinski definition) is 1. The van der Waals surface area contributed by atoms with Gasteiger partial charge in [-0.3, -0.25) is 0 Å².